The predicted molar refractivity (Wildman–Crippen MR) is 105 cm³/mol. The summed E-state index contributed by atoms with van der Waals surface area (Å²) in [6, 6.07) is 0.0634. The molecule has 8 heteroatoms. The molecule has 3 unspecified atom stereocenters. The molecule has 0 aromatic carbocycles. The highest BCUT2D eigenvalue weighted by molar-refractivity contribution is 9.07. The van der Waals surface area contributed by atoms with Crippen LogP contribution in [-0.2, 0) is 14.3 Å². The summed E-state index contributed by atoms with van der Waals surface area (Å²) in [5, 5.41) is 8.96. The van der Waals surface area contributed by atoms with E-state index < -0.39 is 11.5 Å². The van der Waals surface area contributed by atoms with Gasteiger partial charge < -0.3 is 9.84 Å². The highest BCUT2D eigenvalue weighted by Gasteiger charge is 2.55. The lowest BCUT2D eigenvalue weighted by Crippen LogP contribution is -2.60. The zero-order chi connectivity index (χ0) is 19.6. The number of aliphatic imine (C=N–C) groups is 1. The lowest BCUT2D eigenvalue weighted by Gasteiger charge is -2.49. The molecule has 0 bridgehead atoms. The van der Waals surface area contributed by atoms with Crippen LogP contribution in [0.4, 0.5) is 0 Å². The molecule has 27 heavy (non-hydrogen) atoms. The summed E-state index contributed by atoms with van der Waals surface area (Å²) < 4.78 is 7.21. The van der Waals surface area contributed by atoms with Crippen molar-refractivity contribution in [1.82, 2.24) is 8.83 Å². The maximum absolute atomic E-state index is 11.4. The van der Waals surface area contributed by atoms with Crippen LogP contribution in [0.2, 0.25) is 0 Å². The predicted octanol–water partition coefficient (Wildman–Crippen LogP) is 3.00. The smallest absolute Gasteiger partial charge is 0.303 e. The van der Waals surface area contributed by atoms with E-state index in [1.54, 1.807) is 0 Å². The maximum atomic E-state index is 11.4. The van der Waals surface area contributed by atoms with Crippen LogP contribution in [0, 0.1) is 0 Å². The quantitative estimate of drug-likeness (QED) is 0.486. The Bertz CT molecular complexity index is 745. The van der Waals surface area contributed by atoms with Crippen LogP contribution < -0.4 is 0 Å². The molecule has 2 aliphatic heterocycles. The number of halogens is 1. The largest absolute Gasteiger partial charge is 0.481 e. The van der Waals surface area contributed by atoms with Crippen LogP contribution >= 0.6 is 16.1 Å². The molecule has 0 saturated carbocycles. The minimum atomic E-state index is -0.788. The van der Waals surface area contributed by atoms with E-state index in [2.05, 4.69) is 40.1 Å². The number of hydrogen-bond donors (Lipinski definition) is 1. The van der Waals surface area contributed by atoms with E-state index in [1.165, 1.54) is 6.92 Å². The van der Waals surface area contributed by atoms with Gasteiger partial charge in [0.2, 0.25) is 0 Å². The summed E-state index contributed by atoms with van der Waals surface area (Å²) in [7, 11) is 0. The Morgan fingerprint density at radius 1 is 1.52 bits per heavy atom. The molecule has 3 aliphatic rings. The first-order valence-electron chi connectivity index (χ1n) is 9.08. The molecular weight excluding hydrogens is 414 g/mol. The summed E-state index contributed by atoms with van der Waals surface area (Å²) in [5.74, 6) is -1.12. The third-order valence-corrected chi connectivity index (χ3v) is 5.83. The van der Waals surface area contributed by atoms with E-state index in [0.717, 1.165) is 24.3 Å². The van der Waals surface area contributed by atoms with Gasteiger partial charge in [-0.1, -0.05) is 12.2 Å². The number of nitrogens with zero attached hydrogens (tertiary/aromatic N) is 3. The van der Waals surface area contributed by atoms with E-state index in [1.807, 2.05) is 22.3 Å². The van der Waals surface area contributed by atoms with Gasteiger partial charge in [-0.25, -0.2) is 0 Å². The van der Waals surface area contributed by atoms with Gasteiger partial charge in [-0.05, 0) is 38.3 Å². The number of ether oxygens (including phenoxy) is 1. The molecule has 1 spiro atoms. The molecule has 3 atom stereocenters. The normalized spacial score (nSPS) is 27.5. The number of aliphatic carboxylic acids is 1. The fraction of sp³-hybridized carbons (Fsp3) is 0.526. The minimum absolute atomic E-state index is 0.0634. The Morgan fingerprint density at radius 3 is 3.00 bits per heavy atom. The zero-order valence-corrected chi connectivity index (χ0v) is 17.1. The summed E-state index contributed by atoms with van der Waals surface area (Å²) in [6.07, 6.45) is 12.0. The van der Waals surface area contributed by atoms with E-state index in [0.29, 0.717) is 6.42 Å². The van der Waals surface area contributed by atoms with Crippen molar-refractivity contribution in [1.29, 1.82) is 0 Å². The van der Waals surface area contributed by atoms with E-state index in [9.17, 15) is 9.59 Å². The van der Waals surface area contributed by atoms with Crippen LogP contribution in [0.25, 0.3) is 0 Å². The van der Waals surface area contributed by atoms with E-state index in [-0.39, 0.29) is 31.2 Å². The Hall–Kier alpha value is -1.93. The third-order valence-electron chi connectivity index (χ3n) is 5.21. The summed E-state index contributed by atoms with van der Waals surface area (Å²) >= 11 is 3.59. The number of allylic oxidation sites excluding steroid dienone is 2. The van der Waals surface area contributed by atoms with Gasteiger partial charge in [0.05, 0.1) is 27.6 Å². The molecule has 1 aliphatic carbocycles. The van der Waals surface area contributed by atoms with Crippen LogP contribution in [0.15, 0.2) is 41.2 Å². The lowest BCUT2D eigenvalue weighted by molar-refractivity contribution is -0.143. The van der Waals surface area contributed by atoms with Gasteiger partial charge in [0.1, 0.15) is 18.3 Å². The van der Waals surface area contributed by atoms with Gasteiger partial charge in [-0.3, -0.25) is 23.4 Å². The Balaban J connectivity index is 1.92. The molecule has 7 nitrogen and oxygen atoms in total. The van der Waals surface area contributed by atoms with Crippen molar-refractivity contribution >= 4 is 33.8 Å². The number of carboxylic acid groups (broad SMARTS) is 1. The number of rotatable bonds is 7. The van der Waals surface area contributed by atoms with Crippen molar-refractivity contribution in [3.05, 3.63) is 36.2 Å². The van der Waals surface area contributed by atoms with Crippen molar-refractivity contribution in [2.75, 3.05) is 6.61 Å². The molecular formula is C19H24BrN3O4. The third kappa shape index (κ3) is 3.73. The maximum Gasteiger partial charge on any atom is 0.303 e. The fourth-order valence-corrected chi connectivity index (χ4v) is 4.73. The highest BCUT2D eigenvalue weighted by atomic mass is 79.9. The first-order chi connectivity index (χ1) is 12.9. The average Bonchev–Trinajstić information content (AvgIpc) is 2.92. The van der Waals surface area contributed by atoms with Crippen LogP contribution in [-0.4, -0.2) is 55.9 Å². The first-order valence-corrected chi connectivity index (χ1v) is 9.79. The molecule has 2 heterocycles. The van der Waals surface area contributed by atoms with Gasteiger partial charge in [-0.15, -0.1) is 0 Å². The van der Waals surface area contributed by atoms with Crippen LogP contribution in [0.5, 0.6) is 0 Å². The second-order valence-corrected chi connectivity index (χ2v) is 7.78. The summed E-state index contributed by atoms with van der Waals surface area (Å²) in [6.45, 7) is 3.66. The second kappa shape index (κ2) is 7.98. The zero-order valence-electron chi connectivity index (χ0n) is 15.5. The highest BCUT2D eigenvalue weighted by Crippen LogP contribution is 2.46. The molecule has 0 radical (unpaired) electrons. The van der Waals surface area contributed by atoms with Crippen LogP contribution in [0.3, 0.4) is 0 Å². The second-order valence-electron chi connectivity index (χ2n) is 7.01. The molecule has 0 saturated heterocycles. The molecule has 0 aromatic rings. The lowest BCUT2D eigenvalue weighted by atomic mass is 9.79. The molecule has 1 N–H and O–H groups in total. The molecule has 0 aromatic heterocycles. The molecule has 3 rings (SSSR count). The number of hydrogen-bond acceptors (Lipinski definition) is 6. The van der Waals surface area contributed by atoms with E-state index in [4.69, 9.17) is 14.8 Å². The topological polar surface area (TPSA) is 82.4 Å². The molecule has 0 amide bonds. The molecule has 0 fully saturated rings. The van der Waals surface area contributed by atoms with Crippen molar-refractivity contribution in [3.63, 3.8) is 0 Å². The average molecular weight is 438 g/mol. The Morgan fingerprint density at radius 2 is 2.30 bits per heavy atom. The van der Waals surface area contributed by atoms with Gasteiger partial charge in [0.15, 0.2) is 0 Å². The number of carbonyl (C=O) groups is 2. The van der Waals surface area contributed by atoms with Crippen molar-refractivity contribution < 1.29 is 19.4 Å². The van der Waals surface area contributed by atoms with Gasteiger partial charge >= 0.3 is 11.9 Å². The number of esters is 1. The van der Waals surface area contributed by atoms with Crippen molar-refractivity contribution in [2.45, 2.75) is 57.3 Å². The standard InChI is InChI=1S/C19H24BrN3O4/c1-13(6-3-9-18(25)26)23-17(12-27-14(2)24)21-15-7-4-8-16-19(15,23)10-5-11-22(16)20/h4-5,7-8,11,13,17H,3,6,9-10,12H2,1-2H3,(H,25,26). The monoisotopic (exact) mass is 437 g/mol. The van der Waals surface area contributed by atoms with Gasteiger partial charge in [-0.2, -0.15) is 0 Å². The Labute approximate surface area is 167 Å². The number of carbonyl (C=O) groups excluding carboxylic acids is 1. The van der Waals surface area contributed by atoms with E-state index >= 15 is 0 Å². The Kier molecular flexibility index (Phi) is 5.86. The number of carboxylic acids is 1. The fourth-order valence-electron chi connectivity index (χ4n) is 4.15. The molecule has 146 valence electrons. The van der Waals surface area contributed by atoms with Crippen molar-refractivity contribution in [3.8, 4) is 0 Å². The summed E-state index contributed by atoms with van der Waals surface area (Å²) in [5.41, 5.74) is 1.55. The summed E-state index contributed by atoms with van der Waals surface area (Å²) in [4.78, 5) is 29.4. The van der Waals surface area contributed by atoms with Gasteiger partial charge in [0, 0.05) is 25.6 Å². The van der Waals surface area contributed by atoms with Crippen LogP contribution in [0.1, 0.15) is 39.5 Å². The SMILES string of the molecule is CC(=O)OCC1N=C2C=CC=C3N(Br)C=CCC32N1C(C)CCCC(=O)O. The minimum Gasteiger partial charge on any atom is -0.481 e. The van der Waals surface area contributed by atoms with Gasteiger partial charge in [0.25, 0.3) is 0 Å². The first kappa shape index (κ1) is 19.8. The van der Waals surface area contributed by atoms with Crippen molar-refractivity contribution in [2.24, 2.45) is 4.99 Å².